The highest BCUT2D eigenvalue weighted by Crippen LogP contribution is 2.47. The number of fused-ring (bicyclic) bond motifs is 11. The molecule has 0 aliphatic carbocycles. The molecule has 5 aromatic rings. The van der Waals surface area contributed by atoms with Crippen LogP contribution in [-0.4, -0.2) is 16.4 Å². The maximum absolute atomic E-state index is 4.74. The normalized spacial score (nSPS) is 13.8. The number of pyridine rings is 1. The van der Waals surface area contributed by atoms with E-state index in [4.69, 9.17) is 4.98 Å². The average Bonchev–Trinajstić information content (AvgIpc) is 3.26. The lowest BCUT2D eigenvalue weighted by molar-refractivity contribution is 1.25. The minimum Gasteiger partial charge on any atom is -0.359 e. The Balaban J connectivity index is 1.71. The molecule has 0 unspecified atom stereocenters. The summed E-state index contributed by atoms with van der Waals surface area (Å²) < 4.78 is 2.51. The zero-order valence-electron chi connectivity index (χ0n) is 14.5. The van der Waals surface area contributed by atoms with Crippen LogP contribution in [0.1, 0.15) is 0 Å². The Morgan fingerprint density at radius 1 is 0.704 bits per heavy atom. The number of aromatic nitrogens is 2. The first kappa shape index (κ1) is 13.6. The Bertz CT molecular complexity index is 1400. The Morgan fingerprint density at radius 3 is 2.52 bits per heavy atom. The van der Waals surface area contributed by atoms with Gasteiger partial charge < -0.3 is 9.29 Å². The average molecular weight is 343 g/mol. The van der Waals surface area contributed by atoms with Gasteiger partial charge in [-0.3, -0.25) is 4.98 Å². The number of nitrogens with zero attached hydrogens (tertiary/aromatic N) is 3. The number of anilines is 2. The van der Waals surface area contributed by atoms with Crippen LogP contribution < -0.4 is 10.3 Å². The van der Waals surface area contributed by atoms with Gasteiger partial charge in [0.1, 0.15) is 0 Å². The molecule has 124 valence electrons. The lowest BCUT2D eigenvalue weighted by Gasteiger charge is -2.33. The molecule has 0 N–H and O–H groups in total. The van der Waals surface area contributed by atoms with E-state index in [-0.39, 0.29) is 6.98 Å². The largest absolute Gasteiger partial charge is 0.421 e. The third-order valence-corrected chi connectivity index (χ3v) is 6.00. The topological polar surface area (TPSA) is 21.1 Å². The Labute approximate surface area is 156 Å². The van der Waals surface area contributed by atoms with Gasteiger partial charge in [0.05, 0.1) is 22.6 Å². The van der Waals surface area contributed by atoms with E-state index in [9.17, 15) is 0 Å². The summed E-state index contributed by atoms with van der Waals surface area (Å²) in [4.78, 5) is 7.20. The van der Waals surface area contributed by atoms with E-state index in [0.29, 0.717) is 0 Å². The van der Waals surface area contributed by atoms with Crippen molar-refractivity contribution in [3.63, 3.8) is 0 Å². The zero-order chi connectivity index (χ0) is 17.5. The molecule has 7 rings (SSSR count). The predicted molar refractivity (Wildman–Crippen MR) is 112 cm³/mol. The van der Waals surface area contributed by atoms with E-state index in [1.165, 1.54) is 44.2 Å². The molecule has 0 fully saturated rings. The van der Waals surface area contributed by atoms with Gasteiger partial charge in [0.2, 0.25) is 0 Å². The molecule has 0 saturated heterocycles. The molecule has 0 amide bonds. The van der Waals surface area contributed by atoms with Gasteiger partial charge in [0.15, 0.2) is 0 Å². The molecular weight excluding hydrogens is 329 g/mol. The molecule has 0 atom stereocenters. The summed E-state index contributed by atoms with van der Waals surface area (Å²) >= 11 is 0. The Kier molecular flexibility index (Phi) is 2.32. The van der Waals surface area contributed by atoms with Gasteiger partial charge >= 0.3 is 6.98 Å². The fraction of sp³-hybridized carbons (Fsp3) is 0. The third-order valence-electron chi connectivity index (χ3n) is 6.00. The molecule has 2 aliphatic heterocycles. The van der Waals surface area contributed by atoms with E-state index < -0.39 is 0 Å². The van der Waals surface area contributed by atoms with E-state index in [1.54, 1.807) is 0 Å². The van der Waals surface area contributed by atoms with E-state index in [2.05, 4.69) is 82.1 Å². The van der Waals surface area contributed by atoms with Crippen LogP contribution in [-0.2, 0) is 0 Å². The van der Waals surface area contributed by atoms with Crippen LogP contribution in [0.2, 0.25) is 0 Å². The Morgan fingerprint density at radius 2 is 1.52 bits per heavy atom. The van der Waals surface area contributed by atoms with Crippen molar-refractivity contribution in [2.45, 2.75) is 0 Å². The third kappa shape index (κ3) is 1.49. The summed E-state index contributed by atoms with van der Waals surface area (Å²) in [5, 5.41) is 2.64. The summed E-state index contributed by atoms with van der Waals surface area (Å²) in [6, 6.07) is 28.3. The van der Waals surface area contributed by atoms with Crippen LogP contribution in [0.3, 0.4) is 0 Å². The monoisotopic (exact) mass is 343 g/mol. The number of para-hydroxylation sites is 2. The SMILES string of the molecule is c1ccc2c(c1)B1N(c3cccnc3-2)c2cccc3c4ccccc4n1c23. The van der Waals surface area contributed by atoms with Gasteiger partial charge in [-0.25, -0.2) is 0 Å². The second-order valence-electron chi connectivity index (χ2n) is 7.26. The summed E-state index contributed by atoms with van der Waals surface area (Å²) in [6.07, 6.45) is 1.89. The van der Waals surface area contributed by atoms with Gasteiger partial charge in [0.25, 0.3) is 0 Å². The zero-order valence-corrected chi connectivity index (χ0v) is 14.5. The lowest BCUT2D eigenvalue weighted by atomic mass is 9.61. The molecule has 27 heavy (non-hydrogen) atoms. The van der Waals surface area contributed by atoms with Crippen molar-refractivity contribution in [1.29, 1.82) is 0 Å². The fourth-order valence-corrected chi connectivity index (χ4v) is 5.01. The first-order chi connectivity index (χ1) is 13.4. The van der Waals surface area contributed by atoms with Crippen molar-refractivity contribution in [2.75, 3.05) is 4.81 Å². The number of hydrogen-bond acceptors (Lipinski definition) is 2. The van der Waals surface area contributed by atoms with Crippen LogP contribution in [0.4, 0.5) is 11.4 Å². The van der Waals surface area contributed by atoms with Gasteiger partial charge in [-0.1, -0.05) is 54.6 Å². The second-order valence-corrected chi connectivity index (χ2v) is 7.26. The highest BCUT2D eigenvalue weighted by Gasteiger charge is 2.44. The molecule has 3 aromatic carbocycles. The maximum Gasteiger partial charge on any atom is 0.421 e. The van der Waals surface area contributed by atoms with Crippen molar-refractivity contribution >= 4 is 45.6 Å². The minimum atomic E-state index is 0.123. The van der Waals surface area contributed by atoms with Crippen molar-refractivity contribution in [2.24, 2.45) is 0 Å². The van der Waals surface area contributed by atoms with Gasteiger partial charge in [0, 0.05) is 28.0 Å². The number of hydrogen-bond donors (Lipinski definition) is 0. The molecule has 2 aromatic heterocycles. The molecule has 4 heteroatoms. The lowest BCUT2D eigenvalue weighted by Crippen LogP contribution is -2.51. The van der Waals surface area contributed by atoms with Crippen LogP contribution in [0.25, 0.3) is 33.1 Å². The molecule has 0 saturated carbocycles. The van der Waals surface area contributed by atoms with Gasteiger partial charge in [-0.2, -0.15) is 0 Å². The fourth-order valence-electron chi connectivity index (χ4n) is 5.01. The van der Waals surface area contributed by atoms with Crippen molar-refractivity contribution < 1.29 is 0 Å². The smallest absolute Gasteiger partial charge is 0.359 e. The minimum absolute atomic E-state index is 0.123. The predicted octanol–water partition coefficient (Wildman–Crippen LogP) is 4.57. The number of benzene rings is 3. The van der Waals surface area contributed by atoms with Crippen LogP contribution >= 0.6 is 0 Å². The first-order valence-corrected chi connectivity index (χ1v) is 9.29. The second kappa shape index (κ2) is 4.60. The van der Waals surface area contributed by atoms with E-state index in [1.807, 2.05) is 12.3 Å². The quantitative estimate of drug-likeness (QED) is 0.384. The summed E-state index contributed by atoms with van der Waals surface area (Å²) in [5.74, 6) is 0. The highest BCUT2D eigenvalue weighted by molar-refractivity contribution is 6.82. The molecule has 2 aliphatic rings. The van der Waals surface area contributed by atoms with E-state index >= 15 is 0 Å². The van der Waals surface area contributed by atoms with E-state index in [0.717, 1.165) is 5.69 Å². The molecule has 0 bridgehead atoms. The summed E-state index contributed by atoms with van der Waals surface area (Å²) in [5.41, 5.74) is 8.65. The standard InChI is InChI=1S/C23H14BN3/c1-3-10-18-17(8-1)22-20(13-6-14-25-22)26-21-12-5-9-16-15-7-2-4-11-19(15)27(23(16)21)24(18)26/h1-14H. The summed E-state index contributed by atoms with van der Waals surface area (Å²) in [7, 11) is 0. The molecule has 3 nitrogen and oxygen atoms in total. The van der Waals surface area contributed by atoms with Crippen molar-refractivity contribution in [3.8, 4) is 11.3 Å². The van der Waals surface area contributed by atoms with Gasteiger partial charge in [-0.15, -0.1) is 0 Å². The van der Waals surface area contributed by atoms with Crippen LogP contribution in [0.15, 0.2) is 85.1 Å². The molecule has 4 heterocycles. The van der Waals surface area contributed by atoms with Crippen molar-refractivity contribution in [1.82, 2.24) is 9.46 Å². The van der Waals surface area contributed by atoms with Crippen molar-refractivity contribution in [3.05, 3.63) is 85.1 Å². The van der Waals surface area contributed by atoms with Gasteiger partial charge in [-0.05, 0) is 29.7 Å². The van der Waals surface area contributed by atoms with Crippen LogP contribution in [0.5, 0.6) is 0 Å². The maximum atomic E-state index is 4.74. The molecule has 0 spiro atoms. The first-order valence-electron chi connectivity index (χ1n) is 9.29. The molecular formula is C23H14BN3. The number of rotatable bonds is 0. The summed E-state index contributed by atoms with van der Waals surface area (Å²) in [6.45, 7) is 0.123. The molecule has 0 radical (unpaired) electrons. The highest BCUT2D eigenvalue weighted by atomic mass is 15.2. The Hall–Kier alpha value is -3.53. The van der Waals surface area contributed by atoms with Crippen LogP contribution in [0, 0.1) is 0 Å².